The zero-order valence-electron chi connectivity index (χ0n) is 11.4. The Hall–Kier alpha value is -0.580. The second-order valence-electron chi connectivity index (χ2n) is 4.98. The van der Waals surface area contributed by atoms with Gasteiger partial charge in [0, 0.05) is 28.8 Å². The van der Waals surface area contributed by atoms with Crippen LogP contribution in [0.2, 0.25) is 0 Å². The fraction of sp³-hybridized carbons (Fsp3) is 0.643. The molecule has 1 unspecified atom stereocenters. The fourth-order valence-electron chi connectivity index (χ4n) is 2.32. The normalized spacial score (nSPS) is 18.7. The lowest BCUT2D eigenvalue weighted by atomic mass is 10.1. The zero-order valence-corrected chi connectivity index (χ0v) is 13.0. The fourth-order valence-corrected chi connectivity index (χ4v) is 3.25. The Bertz CT molecular complexity index is 389. The Morgan fingerprint density at radius 3 is 3.00 bits per heavy atom. The molecule has 3 nitrogen and oxygen atoms in total. The van der Waals surface area contributed by atoms with E-state index in [1.54, 1.807) is 0 Å². The smallest absolute Gasteiger partial charge is 0.220 e. The van der Waals surface area contributed by atoms with Crippen molar-refractivity contribution in [3.05, 3.63) is 21.9 Å². The molecule has 2 heterocycles. The zero-order chi connectivity index (χ0) is 12.8. The van der Waals surface area contributed by atoms with Gasteiger partial charge in [-0.15, -0.1) is 23.7 Å². The van der Waals surface area contributed by atoms with Crippen molar-refractivity contribution in [2.75, 3.05) is 13.1 Å². The van der Waals surface area contributed by atoms with E-state index in [1.807, 2.05) is 11.3 Å². The Kier molecular flexibility index (Phi) is 7.42. The van der Waals surface area contributed by atoms with E-state index in [0.717, 1.165) is 32.4 Å². The Morgan fingerprint density at radius 2 is 2.37 bits per heavy atom. The quantitative estimate of drug-likeness (QED) is 0.878. The number of carbonyl (C=O) groups is 1. The van der Waals surface area contributed by atoms with Gasteiger partial charge >= 0.3 is 0 Å². The molecular formula is C14H23ClN2OS. The van der Waals surface area contributed by atoms with Gasteiger partial charge in [0.25, 0.3) is 0 Å². The van der Waals surface area contributed by atoms with Crippen LogP contribution in [0.4, 0.5) is 0 Å². The summed E-state index contributed by atoms with van der Waals surface area (Å²) in [5.41, 5.74) is 0. The highest BCUT2D eigenvalue weighted by Crippen LogP contribution is 2.17. The van der Waals surface area contributed by atoms with Crippen molar-refractivity contribution in [2.45, 2.75) is 45.1 Å². The van der Waals surface area contributed by atoms with Crippen LogP contribution >= 0.6 is 23.7 Å². The first-order valence-corrected chi connectivity index (χ1v) is 7.61. The summed E-state index contributed by atoms with van der Waals surface area (Å²) in [5, 5.41) is 6.42. The lowest BCUT2D eigenvalue weighted by Crippen LogP contribution is -2.45. The molecule has 1 aromatic heterocycles. The van der Waals surface area contributed by atoms with Crippen LogP contribution in [-0.4, -0.2) is 25.0 Å². The van der Waals surface area contributed by atoms with Gasteiger partial charge in [0.05, 0.1) is 0 Å². The van der Waals surface area contributed by atoms with Crippen molar-refractivity contribution in [1.29, 1.82) is 0 Å². The maximum absolute atomic E-state index is 11.8. The third kappa shape index (κ3) is 5.93. The van der Waals surface area contributed by atoms with E-state index in [1.165, 1.54) is 16.2 Å². The molecule has 19 heavy (non-hydrogen) atoms. The number of rotatable bonds is 5. The number of carbonyl (C=O) groups excluding carboxylic acids is 1. The van der Waals surface area contributed by atoms with E-state index < -0.39 is 0 Å². The van der Waals surface area contributed by atoms with Gasteiger partial charge in [0.15, 0.2) is 0 Å². The summed E-state index contributed by atoms with van der Waals surface area (Å²) in [6.45, 7) is 4.14. The van der Waals surface area contributed by atoms with Gasteiger partial charge in [-0.1, -0.05) is 0 Å². The van der Waals surface area contributed by atoms with Gasteiger partial charge in [0.1, 0.15) is 0 Å². The first kappa shape index (κ1) is 16.5. The Labute approximate surface area is 125 Å². The lowest BCUT2D eigenvalue weighted by Gasteiger charge is -2.23. The summed E-state index contributed by atoms with van der Waals surface area (Å²) in [4.78, 5) is 14.5. The highest BCUT2D eigenvalue weighted by molar-refractivity contribution is 7.11. The predicted molar refractivity (Wildman–Crippen MR) is 83.3 cm³/mol. The van der Waals surface area contributed by atoms with Gasteiger partial charge in [0.2, 0.25) is 5.91 Å². The molecule has 0 bridgehead atoms. The van der Waals surface area contributed by atoms with Crippen molar-refractivity contribution in [2.24, 2.45) is 0 Å². The second kappa shape index (κ2) is 8.56. The minimum absolute atomic E-state index is 0. The lowest BCUT2D eigenvalue weighted by molar-refractivity contribution is -0.122. The highest BCUT2D eigenvalue weighted by Gasteiger charge is 2.14. The molecular weight excluding hydrogens is 280 g/mol. The summed E-state index contributed by atoms with van der Waals surface area (Å²) < 4.78 is 0. The first-order valence-electron chi connectivity index (χ1n) is 6.79. The second-order valence-corrected chi connectivity index (χ2v) is 6.35. The van der Waals surface area contributed by atoms with Crippen LogP contribution in [0.1, 0.15) is 35.4 Å². The van der Waals surface area contributed by atoms with Gasteiger partial charge in [-0.05, 0) is 51.3 Å². The van der Waals surface area contributed by atoms with E-state index in [2.05, 4.69) is 29.7 Å². The van der Waals surface area contributed by atoms with E-state index >= 15 is 0 Å². The number of hydrogen-bond donors (Lipinski definition) is 2. The van der Waals surface area contributed by atoms with Crippen molar-refractivity contribution in [3.8, 4) is 0 Å². The average Bonchev–Trinajstić information content (AvgIpc) is 2.76. The molecule has 1 fully saturated rings. The molecule has 1 aliphatic heterocycles. The Morgan fingerprint density at radius 1 is 1.53 bits per heavy atom. The van der Waals surface area contributed by atoms with Crippen molar-refractivity contribution >= 4 is 29.7 Å². The number of piperidine rings is 1. The van der Waals surface area contributed by atoms with E-state index in [9.17, 15) is 4.79 Å². The van der Waals surface area contributed by atoms with Gasteiger partial charge < -0.3 is 10.6 Å². The molecule has 0 saturated carbocycles. The van der Waals surface area contributed by atoms with Crippen LogP contribution in [0.3, 0.4) is 0 Å². The number of halogens is 1. The molecule has 2 N–H and O–H groups in total. The summed E-state index contributed by atoms with van der Waals surface area (Å²) in [6.07, 6.45) is 4.90. The van der Waals surface area contributed by atoms with Crippen molar-refractivity contribution < 1.29 is 4.79 Å². The van der Waals surface area contributed by atoms with Gasteiger partial charge in [-0.25, -0.2) is 0 Å². The van der Waals surface area contributed by atoms with Crippen LogP contribution in [0.5, 0.6) is 0 Å². The molecule has 5 heteroatoms. The van der Waals surface area contributed by atoms with E-state index in [-0.39, 0.29) is 18.3 Å². The molecule has 1 atom stereocenters. The van der Waals surface area contributed by atoms with E-state index in [4.69, 9.17) is 0 Å². The summed E-state index contributed by atoms with van der Waals surface area (Å²) >= 11 is 1.83. The molecule has 1 saturated heterocycles. The summed E-state index contributed by atoms with van der Waals surface area (Å²) in [5.74, 6) is 0.206. The third-order valence-electron chi connectivity index (χ3n) is 3.29. The standard InChI is InChI=1S/C14H22N2OS.ClH/c1-11-7-8-13(18-11)5-2-6-14(17)16-12-4-3-9-15-10-12;/h7-8,12,15H,2-6,9-10H2,1H3,(H,16,17);1H. The minimum atomic E-state index is 0. The van der Waals surface area contributed by atoms with E-state index in [0.29, 0.717) is 12.5 Å². The molecule has 1 aliphatic rings. The summed E-state index contributed by atoms with van der Waals surface area (Å²) in [6, 6.07) is 4.66. The number of nitrogens with one attached hydrogen (secondary N) is 2. The van der Waals surface area contributed by atoms with Gasteiger partial charge in [-0.2, -0.15) is 0 Å². The molecule has 0 aliphatic carbocycles. The Balaban J connectivity index is 0.00000180. The van der Waals surface area contributed by atoms with Crippen molar-refractivity contribution in [3.63, 3.8) is 0 Å². The predicted octanol–water partition coefficient (Wildman–Crippen LogP) is 2.67. The first-order chi connectivity index (χ1) is 8.74. The molecule has 2 rings (SSSR count). The molecule has 1 aromatic rings. The van der Waals surface area contributed by atoms with Crippen LogP contribution < -0.4 is 10.6 Å². The minimum Gasteiger partial charge on any atom is -0.352 e. The number of amides is 1. The molecule has 0 spiro atoms. The van der Waals surface area contributed by atoms with Crippen molar-refractivity contribution in [1.82, 2.24) is 10.6 Å². The van der Waals surface area contributed by atoms with Gasteiger partial charge in [-0.3, -0.25) is 4.79 Å². The molecule has 108 valence electrons. The molecule has 0 aromatic carbocycles. The van der Waals surface area contributed by atoms with Crippen LogP contribution in [-0.2, 0) is 11.2 Å². The van der Waals surface area contributed by atoms with Crippen LogP contribution in [0.25, 0.3) is 0 Å². The maximum Gasteiger partial charge on any atom is 0.220 e. The average molecular weight is 303 g/mol. The SMILES string of the molecule is Cc1ccc(CCCC(=O)NC2CCCNC2)s1.Cl. The number of thiophene rings is 1. The third-order valence-corrected chi connectivity index (χ3v) is 4.35. The monoisotopic (exact) mass is 302 g/mol. The molecule has 1 amide bonds. The molecule has 0 radical (unpaired) electrons. The maximum atomic E-state index is 11.8. The highest BCUT2D eigenvalue weighted by atomic mass is 35.5. The van der Waals surface area contributed by atoms with Crippen LogP contribution in [0.15, 0.2) is 12.1 Å². The number of hydrogen-bond acceptors (Lipinski definition) is 3. The topological polar surface area (TPSA) is 41.1 Å². The number of aryl methyl sites for hydroxylation is 2. The largest absolute Gasteiger partial charge is 0.352 e. The van der Waals surface area contributed by atoms with Crippen LogP contribution in [0, 0.1) is 6.92 Å². The summed E-state index contributed by atoms with van der Waals surface area (Å²) in [7, 11) is 0.